The third-order valence-corrected chi connectivity index (χ3v) is 0.556. The average molecular weight is 320 g/mol. The third-order valence-electron chi connectivity index (χ3n) is 0.556. The summed E-state index contributed by atoms with van der Waals surface area (Å²) in [5.41, 5.74) is 13.5. The topological polar surface area (TPSA) is 78.1 Å². The molecule has 6 N–H and O–H groups in total. The van der Waals surface area contributed by atoms with Gasteiger partial charge in [0.2, 0.25) is 0 Å². The summed E-state index contributed by atoms with van der Waals surface area (Å²) in [6.07, 6.45) is 10.0. The van der Waals surface area contributed by atoms with Gasteiger partial charge < -0.3 is 17.2 Å². The van der Waals surface area contributed by atoms with E-state index in [2.05, 4.69) is 17.2 Å². The Balaban J connectivity index is -0.0000000494. The van der Waals surface area contributed by atoms with Gasteiger partial charge in [0.25, 0.3) is 0 Å². The molecule has 0 unspecified atom stereocenters. The Morgan fingerprint density at radius 1 is 0.714 bits per heavy atom. The van der Waals surface area contributed by atoms with E-state index in [1.54, 1.807) is 0 Å². The van der Waals surface area contributed by atoms with Crippen LogP contribution in [0.5, 0.6) is 0 Å². The zero-order valence-electron chi connectivity index (χ0n) is 8.87. The molecule has 0 aromatic rings. The van der Waals surface area contributed by atoms with Crippen molar-refractivity contribution in [2.24, 2.45) is 17.2 Å². The second-order valence-corrected chi connectivity index (χ2v) is 4.77. The van der Waals surface area contributed by atoms with E-state index >= 15 is 0 Å². The minimum absolute atomic E-state index is 0.826. The van der Waals surface area contributed by atoms with Crippen molar-refractivity contribution in [3.8, 4) is 0 Å². The molecule has 0 fully saturated rings. The number of nitrogens with two attached hydrogens (primary N) is 3. The molecule has 0 aromatic carbocycles. The summed E-state index contributed by atoms with van der Waals surface area (Å²) in [7, 11) is 14.4. The van der Waals surface area contributed by atoms with Crippen LogP contribution in [0.15, 0.2) is 24.3 Å². The van der Waals surface area contributed by atoms with Gasteiger partial charge >= 0.3 is 37.9 Å². The van der Waals surface area contributed by atoms with Gasteiger partial charge in [0.15, 0.2) is 0 Å². The summed E-state index contributed by atoms with van der Waals surface area (Å²) in [6.45, 7) is 0. The van der Waals surface area contributed by atoms with E-state index in [-0.39, 0.29) is 0 Å². The van der Waals surface area contributed by atoms with Crippen LogP contribution in [0.2, 0.25) is 0 Å². The van der Waals surface area contributed by atoms with Crippen molar-refractivity contribution in [2.75, 3.05) is 21.1 Å². The Bertz CT molecular complexity index is 90.6. The van der Waals surface area contributed by atoms with Gasteiger partial charge in [-0.25, -0.2) is 0 Å². The molecule has 0 spiro atoms. The molecule has 1 rings (SSSR count). The Kier molecular flexibility index (Phi) is 84.3. The predicted octanol–water partition coefficient (Wildman–Crippen LogP) is 1.42. The van der Waals surface area contributed by atoms with Gasteiger partial charge in [-0.3, -0.25) is 0 Å². The van der Waals surface area contributed by atoms with Crippen LogP contribution >= 0.6 is 17.0 Å². The summed E-state index contributed by atoms with van der Waals surface area (Å²) in [4.78, 5) is 0. The van der Waals surface area contributed by atoms with Crippen molar-refractivity contribution in [2.45, 2.75) is 0 Å². The molecular weight excluding hydrogens is 300 g/mol. The maximum absolute atomic E-state index is 4.93. The molecule has 85 valence electrons. The van der Waals surface area contributed by atoms with Crippen LogP contribution in [0.25, 0.3) is 0 Å². The Labute approximate surface area is 106 Å². The molecule has 0 heterocycles. The molecule has 0 aromatic heterocycles. The summed E-state index contributed by atoms with van der Waals surface area (Å²) < 4.78 is 0. The van der Waals surface area contributed by atoms with Crippen molar-refractivity contribution in [1.82, 2.24) is 0 Å². The Morgan fingerprint density at radius 3 is 1.00 bits per heavy atom. The van der Waals surface area contributed by atoms with Crippen LogP contribution in [0.3, 0.4) is 0 Å². The van der Waals surface area contributed by atoms with Gasteiger partial charge in [-0.2, -0.15) is 0 Å². The monoisotopic (exact) mass is 318 g/mol. The molecule has 1 radical (unpaired) electrons. The quantitative estimate of drug-likeness (QED) is 0.632. The standard InChI is InChI=1S/C5H5.3CH5N.2ClH.Zr/c1-2-4-5-3-1;3*1-2;;;/h1-5H;3*2H2,1H3;2*1H;/q;;;;;;+2/p-2. The maximum atomic E-state index is 4.93. The normalized spacial score (nSPS) is 8.57. The molecule has 0 saturated carbocycles. The van der Waals surface area contributed by atoms with E-state index in [0.717, 1.165) is 0 Å². The van der Waals surface area contributed by atoms with Crippen LogP contribution in [0.4, 0.5) is 0 Å². The van der Waals surface area contributed by atoms with E-state index < -0.39 is 20.8 Å². The summed E-state index contributed by atoms with van der Waals surface area (Å²) in [6, 6.07) is 0. The molecule has 0 aliphatic heterocycles. The molecular formula is C8H20Cl2N3Zr. The second kappa shape index (κ2) is 48.8. The summed E-state index contributed by atoms with van der Waals surface area (Å²) >= 11 is -0.826. The number of allylic oxidation sites excluding steroid dienone is 4. The molecule has 14 heavy (non-hydrogen) atoms. The number of halogens is 2. The van der Waals surface area contributed by atoms with E-state index in [0.29, 0.717) is 0 Å². The second-order valence-electron chi connectivity index (χ2n) is 1.03. The Hall–Kier alpha value is 0.823. The van der Waals surface area contributed by atoms with Crippen LogP contribution in [0, 0.1) is 6.42 Å². The first kappa shape index (κ1) is 24.2. The summed E-state index contributed by atoms with van der Waals surface area (Å²) in [5, 5.41) is 0. The first-order chi connectivity index (χ1) is 6.91. The fourth-order valence-corrected chi connectivity index (χ4v) is 0.321. The molecule has 0 amide bonds. The van der Waals surface area contributed by atoms with Crippen LogP contribution in [0.1, 0.15) is 0 Å². The molecule has 0 bridgehead atoms. The zero-order chi connectivity index (χ0) is 12.2. The van der Waals surface area contributed by atoms with E-state index in [1.165, 1.54) is 21.1 Å². The SMILES string of the molecule is CN.CN.CN.[CH]1C=CC=C1.[Cl][Zr][Cl]. The number of hydrogen-bond donors (Lipinski definition) is 3. The fraction of sp³-hybridized carbons (Fsp3) is 0.375. The van der Waals surface area contributed by atoms with E-state index in [9.17, 15) is 0 Å². The molecule has 6 heteroatoms. The van der Waals surface area contributed by atoms with Gasteiger partial charge in [0.1, 0.15) is 0 Å². The first-order valence-electron chi connectivity index (χ1n) is 3.78. The van der Waals surface area contributed by atoms with Crippen molar-refractivity contribution in [3.05, 3.63) is 30.7 Å². The number of hydrogen-bond acceptors (Lipinski definition) is 3. The Morgan fingerprint density at radius 2 is 0.929 bits per heavy atom. The number of rotatable bonds is 0. The molecule has 1 aliphatic rings. The summed E-state index contributed by atoms with van der Waals surface area (Å²) in [5.74, 6) is 0. The zero-order valence-corrected chi connectivity index (χ0v) is 12.8. The minimum atomic E-state index is -0.826. The molecule has 0 saturated heterocycles. The van der Waals surface area contributed by atoms with Crippen LogP contribution < -0.4 is 17.2 Å². The van der Waals surface area contributed by atoms with Crippen molar-refractivity contribution < 1.29 is 20.8 Å². The van der Waals surface area contributed by atoms with Gasteiger partial charge in [-0.05, 0) is 21.1 Å². The van der Waals surface area contributed by atoms with Crippen LogP contribution in [-0.2, 0) is 20.8 Å². The van der Waals surface area contributed by atoms with E-state index in [4.69, 9.17) is 17.0 Å². The van der Waals surface area contributed by atoms with Crippen molar-refractivity contribution in [1.29, 1.82) is 0 Å². The molecule has 3 nitrogen and oxygen atoms in total. The van der Waals surface area contributed by atoms with Crippen molar-refractivity contribution in [3.63, 3.8) is 0 Å². The fourth-order valence-electron chi connectivity index (χ4n) is 0.321. The van der Waals surface area contributed by atoms with Crippen molar-refractivity contribution >= 4 is 17.0 Å². The average Bonchev–Trinajstić information content (AvgIpc) is 2.85. The third kappa shape index (κ3) is 52.9. The molecule has 1 aliphatic carbocycles. The molecule has 0 atom stereocenters. The van der Waals surface area contributed by atoms with E-state index in [1.807, 2.05) is 30.7 Å². The van der Waals surface area contributed by atoms with Gasteiger partial charge in [0, 0.05) is 6.42 Å². The predicted molar refractivity (Wildman–Crippen MR) is 64.6 cm³/mol. The first-order valence-corrected chi connectivity index (χ1v) is 10.1. The van der Waals surface area contributed by atoms with Crippen LogP contribution in [-0.4, -0.2) is 21.1 Å². The van der Waals surface area contributed by atoms with Gasteiger partial charge in [-0.1, -0.05) is 24.3 Å². The van der Waals surface area contributed by atoms with Gasteiger partial charge in [-0.15, -0.1) is 0 Å². The van der Waals surface area contributed by atoms with Gasteiger partial charge in [0.05, 0.1) is 0 Å².